The van der Waals surface area contributed by atoms with Gasteiger partial charge < -0.3 is 4.74 Å². The van der Waals surface area contributed by atoms with Gasteiger partial charge in [-0.3, -0.25) is 15.1 Å². The molecular weight excluding hydrogens is 172 g/mol. The van der Waals surface area contributed by atoms with Gasteiger partial charge in [0.15, 0.2) is 5.75 Å². The van der Waals surface area contributed by atoms with Crippen molar-refractivity contribution in [1.82, 2.24) is 0 Å². The molecule has 0 unspecified atom stereocenters. The van der Waals surface area contributed by atoms with Crippen LogP contribution in [0.1, 0.15) is 0 Å². The van der Waals surface area contributed by atoms with E-state index in [2.05, 4.69) is 4.99 Å². The number of ether oxygens (including phenoxy) is 1. The summed E-state index contributed by atoms with van der Waals surface area (Å²) in [5.74, 6) is 0.469. The molecule has 66 valence electrons. The standard InChI is InChI=1S/C8H6N2O3/c11-10(12)6-1-2-7-8(5-6)13-4-3-9-7/h1-3,5H,4H2. The Kier molecular flexibility index (Phi) is 1.70. The van der Waals surface area contributed by atoms with E-state index in [4.69, 9.17) is 4.74 Å². The van der Waals surface area contributed by atoms with Gasteiger partial charge >= 0.3 is 0 Å². The van der Waals surface area contributed by atoms with Crippen molar-refractivity contribution in [1.29, 1.82) is 0 Å². The molecule has 0 aromatic heterocycles. The maximum Gasteiger partial charge on any atom is 0.273 e. The van der Waals surface area contributed by atoms with Crippen LogP contribution in [0.25, 0.3) is 0 Å². The van der Waals surface area contributed by atoms with Crippen LogP contribution in [0, 0.1) is 10.1 Å². The van der Waals surface area contributed by atoms with E-state index in [9.17, 15) is 10.1 Å². The van der Waals surface area contributed by atoms with Crippen molar-refractivity contribution in [2.24, 2.45) is 4.99 Å². The second-order valence-corrected chi connectivity index (χ2v) is 2.53. The second-order valence-electron chi connectivity index (χ2n) is 2.53. The average Bonchev–Trinajstić information content (AvgIpc) is 2.17. The Morgan fingerprint density at radius 3 is 3.15 bits per heavy atom. The lowest BCUT2D eigenvalue weighted by Gasteiger charge is -2.09. The fourth-order valence-electron chi connectivity index (χ4n) is 1.10. The van der Waals surface area contributed by atoms with Crippen LogP contribution in [-0.2, 0) is 0 Å². The summed E-state index contributed by atoms with van der Waals surface area (Å²) in [6.45, 7) is 0.369. The number of non-ortho nitro benzene ring substituents is 1. The van der Waals surface area contributed by atoms with E-state index < -0.39 is 4.92 Å². The summed E-state index contributed by atoms with van der Waals surface area (Å²) in [5, 5.41) is 10.4. The number of nitro groups is 1. The molecule has 1 heterocycles. The highest BCUT2D eigenvalue weighted by atomic mass is 16.6. The third-order valence-electron chi connectivity index (χ3n) is 1.70. The number of hydrogen-bond donors (Lipinski definition) is 0. The molecule has 1 aromatic carbocycles. The van der Waals surface area contributed by atoms with Crippen LogP contribution in [0.3, 0.4) is 0 Å². The minimum Gasteiger partial charge on any atom is -0.485 e. The molecular formula is C8H6N2O3. The van der Waals surface area contributed by atoms with Crippen LogP contribution in [0.15, 0.2) is 23.2 Å². The highest BCUT2D eigenvalue weighted by molar-refractivity contribution is 5.71. The first kappa shape index (κ1) is 7.72. The molecule has 2 rings (SSSR count). The molecule has 0 spiro atoms. The molecule has 1 aromatic rings. The Bertz CT molecular complexity index is 387. The van der Waals surface area contributed by atoms with Crippen LogP contribution in [0.2, 0.25) is 0 Å². The molecule has 13 heavy (non-hydrogen) atoms. The topological polar surface area (TPSA) is 64.7 Å². The molecule has 5 nitrogen and oxygen atoms in total. The fraction of sp³-hybridized carbons (Fsp3) is 0.125. The van der Waals surface area contributed by atoms with E-state index in [1.54, 1.807) is 12.3 Å². The smallest absolute Gasteiger partial charge is 0.273 e. The molecule has 0 aliphatic carbocycles. The fourth-order valence-corrected chi connectivity index (χ4v) is 1.10. The Labute approximate surface area is 73.8 Å². The largest absolute Gasteiger partial charge is 0.485 e. The number of fused-ring (bicyclic) bond motifs is 1. The lowest BCUT2D eigenvalue weighted by Crippen LogP contribution is -2.03. The molecule has 5 heteroatoms. The van der Waals surface area contributed by atoms with Crippen molar-refractivity contribution in [3.05, 3.63) is 28.3 Å². The number of hydrogen-bond acceptors (Lipinski definition) is 4. The van der Waals surface area contributed by atoms with Crippen LogP contribution in [-0.4, -0.2) is 17.7 Å². The van der Waals surface area contributed by atoms with Gasteiger partial charge in [0.25, 0.3) is 5.69 Å². The summed E-state index contributed by atoms with van der Waals surface area (Å²) in [6.07, 6.45) is 1.62. The van der Waals surface area contributed by atoms with Gasteiger partial charge in [-0.05, 0) is 6.07 Å². The lowest BCUT2D eigenvalue weighted by atomic mass is 10.2. The molecule has 0 bridgehead atoms. The normalized spacial score (nSPS) is 13.2. The van der Waals surface area contributed by atoms with E-state index in [0.717, 1.165) is 0 Å². The summed E-state index contributed by atoms with van der Waals surface area (Å²) in [5.41, 5.74) is 0.660. The molecule has 0 saturated heterocycles. The Hall–Kier alpha value is -1.91. The molecule has 0 fully saturated rings. The maximum absolute atomic E-state index is 10.4. The zero-order valence-corrected chi connectivity index (χ0v) is 6.64. The number of aliphatic imine (C=N–C) groups is 1. The number of nitrogens with zero attached hydrogens (tertiary/aromatic N) is 2. The van der Waals surface area contributed by atoms with E-state index in [-0.39, 0.29) is 5.69 Å². The van der Waals surface area contributed by atoms with Crippen molar-refractivity contribution in [3.63, 3.8) is 0 Å². The summed E-state index contributed by atoms with van der Waals surface area (Å²) >= 11 is 0. The first-order chi connectivity index (χ1) is 6.27. The second kappa shape index (κ2) is 2.85. The predicted molar refractivity (Wildman–Crippen MR) is 46.7 cm³/mol. The molecule has 1 aliphatic heterocycles. The molecule has 0 amide bonds. The van der Waals surface area contributed by atoms with E-state index >= 15 is 0 Å². The first-order valence-corrected chi connectivity index (χ1v) is 3.71. The average molecular weight is 178 g/mol. The van der Waals surface area contributed by atoms with E-state index in [1.165, 1.54) is 12.1 Å². The van der Waals surface area contributed by atoms with E-state index in [1.807, 2.05) is 0 Å². The van der Waals surface area contributed by atoms with Crippen LogP contribution in [0.5, 0.6) is 5.75 Å². The quantitative estimate of drug-likeness (QED) is 0.485. The SMILES string of the molecule is O=[N+]([O-])c1ccc2c(c1)OCC=N2. The van der Waals surface area contributed by atoms with Gasteiger partial charge in [0.1, 0.15) is 12.3 Å². The molecule has 0 atom stereocenters. The van der Waals surface area contributed by atoms with Gasteiger partial charge in [0, 0.05) is 12.3 Å². The molecule has 0 radical (unpaired) electrons. The predicted octanol–water partition coefficient (Wildman–Crippen LogP) is 1.69. The highest BCUT2D eigenvalue weighted by Crippen LogP contribution is 2.32. The maximum atomic E-state index is 10.4. The lowest BCUT2D eigenvalue weighted by molar-refractivity contribution is -0.384. The van der Waals surface area contributed by atoms with E-state index in [0.29, 0.717) is 18.0 Å². The Morgan fingerprint density at radius 1 is 1.54 bits per heavy atom. The van der Waals surface area contributed by atoms with Crippen molar-refractivity contribution in [2.45, 2.75) is 0 Å². The monoisotopic (exact) mass is 178 g/mol. The third-order valence-corrected chi connectivity index (χ3v) is 1.70. The highest BCUT2D eigenvalue weighted by Gasteiger charge is 2.12. The zero-order chi connectivity index (χ0) is 9.26. The van der Waals surface area contributed by atoms with Crippen LogP contribution in [0.4, 0.5) is 11.4 Å². The van der Waals surface area contributed by atoms with Gasteiger partial charge in [-0.1, -0.05) is 0 Å². The zero-order valence-electron chi connectivity index (χ0n) is 6.64. The first-order valence-electron chi connectivity index (χ1n) is 3.71. The number of benzene rings is 1. The number of nitro benzene ring substituents is 1. The summed E-state index contributed by atoms with van der Waals surface area (Å²) in [7, 11) is 0. The molecule has 0 saturated carbocycles. The van der Waals surface area contributed by atoms with Crippen molar-refractivity contribution in [2.75, 3.05) is 6.61 Å². The third kappa shape index (κ3) is 1.35. The van der Waals surface area contributed by atoms with Crippen molar-refractivity contribution < 1.29 is 9.66 Å². The van der Waals surface area contributed by atoms with Gasteiger partial charge in [-0.25, -0.2) is 0 Å². The number of rotatable bonds is 1. The van der Waals surface area contributed by atoms with Crippen molar-refractivity contribution >= 4 is 17.6 Å². The van der Waals surface area contributed by atoms with Crippen LogP contribution >= 0.6 is 0 Å². The Morgan fingerprint density at radius 2 is 2.38 bits per heavy atom. The Balaban J connectivity index is 2.48. The van der Waals surface area contributed by atoms with Gasteiger partial charge in [0.05, 0.1) is 11.0 Å². The van der Waals surface area contributed by atoms with Crippen LogP contribution < -0.4 is 4.74 Å². The summed E-state index contributed by atoms with van der Waals surface area (Å²) in [4.78, 5) is 14.0. The van der Waals surface area contributed by atoms with Gasteiger partial charge in [-0.2, -0.15) is 0 Å². The molecule has 1 aliphatic rings. The molecule has 0 N–H and O–H groups in total. The minimum absolute atomic E-state index is 0.0239. The van der Waals surface area contributed by atoms with Crippen molar-refractivity contribution in [3.8, 4) is 5.75 Å². The van der Waals surface area contributed by atoms with Gasteiger partial charge in [-0.15, -0.1) is 0 Å². The minimum atomic E-state index is -0.456. The summed E-state index contributed by atoms with van der Waals surface area (Å²) in [6, 6.07) is 4.36. The van der Waals surface area contributed by atoms with Gasteiger partial charge in [0.2, 0.25) is 0 Å². The summed E-state index contributed by atoms with van der Waals surface area (Å²) < 4.78 is 5.16.